The number of aromatic hydroxyl groups is 1. The maximum absolute atomic E-state index is 13.3. The van der Waals surface area contributed by atoms with Gasteiger partial charge in [0.2, 0.25) is 5.75 Å². The van der Waals surface area contributed by atoms with Gasteiger partial charge in [0, 0.05) is 25.1 Å². The van der Waals surface area contributed by atoms with Crippen LogP contribution >= 0.6 is 0 Å². The first-order valence-corrected chi connectivity index (χ1v) is 10.6. The molecule has 0 aliphatic rings. The molecule has 11 nitrogen and oxygen atoms in total. The van der Waals surface area contributed by atoms with Gasteiger partial charge >= 0.3 is 6.30 Å². The third-order valence-corrected chi connectivity index (χ3v) is 5.75. The van der Waals surface area contributed by atoms with E-state index in [9.17, 15) is 33.1 Å². The molecule has 0 radical (unpaired) electrons. The molecule has 190 valence electrons. The van der Waals surface area contributed by atoms with Crippen LogP contribution in [0.5, 0.6) is 5.75 Å². The van der Waals surface area contributed by atoms with Crippen LogP contribution in [0.25, 0.3) is 0 Å². The molecular weight excluding hydrogens is 495 g/mol. The summed E-state index contributed by atoms with van der Waals surface area (Å²) in [5.41, 5.74) is -0.785. The fraction of sp³-hybridized carbons (Fsp3) is 0.217. The Hall–Kier alpha value is -4.93. The number of halogens is 3. The van der Waals surface area contributed by atoms with Gasteiger partial charge in [-0.3, -0.25) is 14.2 Å². The summed E-state index contributed by atoms with van der Waals surface area (Å²) in [6.45, 7) is 1.57. The summed E-state index contributed by atoms with van der Waals surface area (Å²) in [5, 5.41) is 29.2. The minimum atomic E-state index is -4.78. The molecule has 2 unspecified atom stereocenters. The Balaban J connectivity index is 1.87. The van der Waals surface area contributed by atoms with Gasteiger partial charge in [-0.1, -0.05) is 30.3 Å². The largest absolute Gasteiger partial charge is 0.504 e. The van der Waals surface area contributed by atoms with Crippen molar-refractivity contribution in [3.8, 4) is 11.8 Å². The highest BCUT2D eigenvalue weighted by atomic mass is 19.4. The highest BCUT2D eigenvalue weighted by Crippen LogP contribution is 2.39. The lowest BCUT2D eigenvalue weighted by molar-refractivity contribution is -0.212. The number of rotatable bonds is 6. The number of aromatic nitrogens is 5. The number of nitrogens with zero attached hydrogens (tertiary/aromatic N) is 6. The average Bonchev–Trinajstić information content (AvgIpc) is 3.55. The lowest BCUT2D eigenvalue weighted by Gasteiger charge is -2.26. The van der Waals surface area contributed by atoms with Gasteiger partial charge in [0.25, 0.3) is 11.5 Å². The minimum Gasteiger partial charge on any atom is -0.501 e. The molecule has 0 aliphatic heterocycles. The summed E-state index contributed by atoms with van der Waals surface area (Å²) in [6, 6.07) is 8.32. The molecule has 3 heterocycles. The van der Waals surface area contributed by atoms with E-state index in [4.69, 9.17) is 0 Å². The van der Waals surface area contributed by atoms with E-state index in [0.29, 0.717) is 5.56 Å². The van der Waals surface area contributed by atoms with Crippen LogP contribution in [0.15, 0.2) is 58.4 Å². The second-order valence-corrected chi connectivity index (χ2v) is 8.05. The van der Waals surface area contributed by atoms with E-state index in [0.717, 1.165) is 23.2 Å². The van der Waals surface area contributed by atoms with E-state index in [1.54, 1.807) is 25.1 Å². The molecule has 3 aromatic heterocycles. The Bertz CT molecular complexity index is 1550. The molecular formula is C23H18F3N7O4. The molecule has 14 heteroatoms. The molecule has 0 saturated carbocycles. The summed E-state index contributed by atoms with van der Waals surface area (Å²) in [6.07, 6.45) is -0.675. The van der Waals surface area contributed by atoms with E-state index in [2.05, 4.69) is 25.1 Å². The van der Waals surface area contributed by atoms with Crippen molar-refractivity contribution >= 4 is 11.6 Å². The van der Waals surface area contributed by atoms with Crippen molar-refractivity contribution in [3.05, 3.63) is 87.7 Å². The molecule has 1 aromatic carbocycles. The third-order valence-electron chi connectivity index (χ3n) is 5.75. The second kappa shape index (κ2) is 9.61. The number of carbonyl (C=O) groups is 1. The van der Waals surface area contributed by atoms with Crippen LogP contribution in [0, 0.1) is 11.3 Å². The van der Waals surface area contributed by atoms with Crippen molar-refractivity contribution in [2.75, 3.05) is 5.32 Å². The van der Waals surface area contributed by atoms with Gasteiger partial charge in [0.15, 0.2) is 5.69 Å². The Morgan fingerprint density at radius 2 is 2.00 bits per heavy atom. The molecule has 0 bridgehead atoms. The quantitative estimate of drug-likeness (QED) is 0.399. The van der Waals surface area contributed by atoms with Crippen molar-refractivity contribution in [2.45, 2.75) is 25.1 Å². The number of hydrogen-bond acceptors (Lipinski definition) is 8. The van der Waals surface area contributed by atoms with Gasteiger partial charge in [0.1, 0.15) is 17.8 Å². The van der Waals surface area contributed by atoms with Crippen LogP contribution in [0.1, 0.15) is 51.8 Å². The Labute approximate surface area is 206 Å². The number of hydrogen-bond donors (Lipinski definition) is 2. The lowest BCUT2D eigenvalue weighted by Crippen LogP contribution is -2.29. The van der Waals surface area contributed by atoms with E-state index in [1.807, 2.05) is 6.07 Å². The van der Waals surface area contributed by atoms with Crippen LogP contribution in [-0.4, -0.2) is 35.5 Å². The predicted octanol–water partition coefficient (Wildman–Crippen LogP) is 3.21. The van der Waals surface area contributed by atoms with E-state index in [-0.39, 0.29) is 27.3 Å². The van der Waals surface area contributed by atoms with E-state index < -0.39 is 41.0 Å². The normalized spacial score (nSPS) is 13.1. The van der Waals surface area contributed by atoms with Crippen LogP contribution in [0.3, 0.4) is 0 Å². The molecule has 4 aromatic rings. The summed E-state index contributed by atoms with van der Waals surface area (Å²) >= 11 is 0. The summed E-state index contributed by atoms with van der Waals surface area (Å²) < 4.78 is 45.4. The first-order chi connectivity index (χ1) is 17.5. The first-order valence-electron chi connectivity index (χ1n) is 10.6. The number of carbonyl (C=O) groups excluding carboxylic acids is 1. The number of nitriles is 1. The summed E-state index contributed by atoms with van der Waals surface area (Å²) in [4.78, 5) is 29.8. The summed E-state index contributed by atoms with van der Waals surface area (Å²) in [5.74, 6) is -3.71. The average molecular weight is 513 g/mol. The van der Waals surface area contributed by atoms with E-state index >= 15 is 0 Å². The fourth-order valence-corrected chi connectivity index (χ4v) is 4.02. The second-order valence-electron chi connectivity index (χ2n) is 8.05. The van der Waals surface area contributed by atoms with Gasteiger partial charge in [-0.05, 0) is 17.2 Å². The number of benzene rings is 1. The summed E-state index contributed by atoms with van der Waals surface area (Å²) in [7, 11) is 1.30. The SMILES string of the molecule is CC(c1nc(C(=O)Nc2cnoc2)c(O)c(=O)n1C)C(c1cnn(C(F)(F)F)c1)c1ccccc1C#N. The molecule has 4 rings (SSSR count). The number of nitrogens with one attached hydrogen (secondary N) is 1. The molecule has 0 aliphatic carbocycles. The molecule has 1 amide bonds. The van der Waals surface area contributed by atoms with E-state index in [1.165, 1.54) is 19.3 Å². The zero-order valence-corrected chi connectivity index (χ0v) is 19.3. The monoisotopic (exact) mass is 513 g/mol. The van der Waals surface area contributed by atoms with Crippen molar-refractivity contribution in [1.82, 2.24) is 24.5 Å². The Morgan fingerprint density at radius 1 is 1.27 bits per heavy atom. The van der Waals surface area contributed by atoms with Gasteiger partial charge in [-0.2, -0.15) is 15.0 Å². The molecule has 37 heavy (non-hydrogen) atoms. The fourth-order valence-electron chi connectivity index (χ4n) is 4.02. The van der Waals surface area contributed by atoms with Gasteiger partial charge in [-0.15, -0.1) is 13.2 Å². The molecule has 0 saturated heterocycles. The van der Waals surface area contributed by atoms with Crippen molar-refractivity contribution in [1.29, 1.82) is 5.26 Å². The van der Waals surface area contributed by atoms with Gasteiger partial charge in [0.05, 0.1) is 24.0 Å². The molecule has 0 fully saturated rings. The third kappa shape index (κ3) is 4.79. The number of alkyl halides is 3. The molecule has 0 spiro atoms. The molecule has 2 atom stereocenters. The smallest absolute Gasteiger partial charge is 0.501 e. The zero-order valence-electron chi connectivity index (χ0n) is 19.3. The standard InChI is InChI=1S/C23H18F3N7O4/c1-12(20-31-18(19(34)22(36)32(20)2)21(35)30-15-9-29-37-11-15)17(16-6-4-3-5-13(16)7-27)14-8-28-33(10-14)23(24,25)26/h3-6,8-12,17,34H,1-2H3,(H,30,35). The lowest BCUT2D eigenvalue weighted by atomic mass is 9.80. The maximum atomic E-state index is 13.3. The Kier molecular flexibility index (Phi) is 6.54. The van der Waals surface area contributed by atoms with Crippen LogP contribution in [0.2, 0.25) is 0 Å². The van der Waals surface area contributed by atoms with Crippen molar-refractivity contribution < 1.29 is 27.6 Å². The zero-order chi connectivity index (χ0) is 26.9. The Morgan fingerprint density at radius 3 is 2.62 bits per heavy atom. The number of amides is 1. The highest BCUT2D eigenvalue weighted by molar-refractivity contribution is 6.04. The van der Waals surface area contributed by atoms with Crippen molar-refractivity contribution in [2.24, 2.45) is 7.05 Å². The molecule has 2 N–H and O–H groups in total. The van der Waals surface area contributed by atoms with Crippen LogP contribution < -0.4 is 10.9 Å². The maximum Gasteiger partial charge on any atom is 0.504 e. The predicted molar refractivity (Wildman–Crippen MR) is 121 cm³/mol. The topological polar surface area (TPSA) is 152 Å². The number of anilines is 1. The van der Waals surface area contributed by atoms with Crippen LogP contribution in [0.4, 0.5) is 18.9 Å². The van der Waals surface area contributed by atoms with Crippen LogP contribution in [-0.2, 0) is 13.3 Å². The highest BCUT2D eigenvalue weighted by Gasteiger charge is 2.35. The minimum absolute atomic E-state index is 0.0317. The van der Waals surface area contributed by atoms with Crippen molar-refractivity contribution in [3.63, 3.8) is 0 Å². The first kappa shape index (κ1) is 25.2. The van der Waals surface area contributed by atoms with Gasteiger partial charge in [-0.25, -0.2) is 4.98 Å². The van der Waals surface area contributed by atoms with Gasteiger partial charge < -0.3 is 14.9 Å².